The van der Waals surface area contributed by atoms with Gasteiger partial charge in [0.25, 0.3) is 0 Å². The van der Waals surface area contributed by atoms with E-state index in [0.29, 0.717) is 6.42 Å². The molecule has 4 heteroatoms. The molecule has 2 aromatic carbocycles. The van der Waals surface area contributed by atoms with Crippen molar-refractivity contribution in [1.29, 1.82) is 0 Å². The molecule has 22 heavy (non-hydrogen) atoms. The van der Waals surface area contributed by atoms with Gasteiger partial charge in [-0.2, -0.15) is 0 Å². The van der Waals surface area contributed by atoms with E-state index >= 15 is 0 Å². The number of halogens is 2. The van der Waals surface area contributed by atoms with Gasteiger partial charge in [0.1, 0.15) is 11.6 Å². The van der Waals surface area contributed by atoms with Gasteiger partial charge in [-0.3, -0.25) is 4.79 Å². The minimum Gasteiger partial charge on any atom is -0.342 e. The Balaban J connectivity index is 2.01. The molecule has 1 aliphatic heterocycles. The van der Waals surface area contributed by atoms with Crippen LogP contribution >= 0.6 is 0 Å². The van der Waals surface area contributed by atoms with E-state index in [1.807, 2.05) is 0 Å². The monoisotopic (exact) mass is 297 g/mol. The van der Waals surface area contributed by atoms with Gasteiger partial charge in [0.05, 0.1) is 5.54 Å². The molecule has 1 heterocycles. The molecule has 0 unspecified atom stereocenters. The second-order valence-corrected chi connectivity index (χ2v) is 5.83. The Morgan fingerprint density at radius 3 is 2.50 bits per heavy atom. The fourth-order valence-corrected chi connectivity index (χ4v) is 3.79. The quantitative estimate of drug-likeness (QED) is 0.859. The highest BCUT2D eigenvalue weighted by Crippen LogP contribution is 2.55. The van der Waals surface area contributed by atoms with Crippen LogP contribution in [0.1, 0.15) is 23.1 Å². The van der Waals surface area contributed by atoms with Crippen LogP contribution in [-0.2, 0) is 10.3 Å². The fraction of sp³-hybridized carbons (Fsp3) is 0.167. The Morgan fingerprint density at radius 1 is 1.09 bits per heavy atom. The summed E-state index contributed by atoms with van der Waals surface area (Å²) in [4.78, 5) is 12.0. The maximum atomic E-state index is 13.6. The van der Waals surface area contributed by atoms with E-state index in [9.17, 15) is 13.6 Å². The van der Waals surface area contributed by atoms with Crippen molar-refractivity contribution in [3.05, 3.63) is 77.4 Å². The van der Waals surface area contributed by atoms with Crippen LogP contribution in [0.15, 0.2) is 49.0 Å². The maximum absolute atomic E-state index is 13.6. The van der Waals surface area contributed by atoms with Crippen molar-refractivity contribution in [2.75, 3.05) is 0 Å². The molecule has 0 radical (unpaired) electrons. The Bertz CT molecular complexity index is 812. The van der Waals surface area contributed by atoms with Gasteiger partial charge in [0, 0.05) is 12.3 Å². The van der Waals surface area contributed by atoms with Gasteiger partial charge in [0.15, 0.2) is 0 Å². The summed E-state index contributed by atoms with van der Waals surface area (Å²) in [7, 11) is 0. The van der Waals surface area contributed by atoms with Crippen molar-refractivity contribution in [2.24, 2.45) is 5.92 Å². The minimum atomic E-state index is -0.773. The second-order valence-electron chi connectivity index (χ2n) is 5.83. The summed E-state index contributed by atoms with van der Waals surface area (Å²) in [5, 5.41) is 3.03. The van der Waals surface area contributed by atoms with Crippen LogP contribution in [0.25, 0.3) is 5.57 Å². The molecule has 1 N–H and O–H groups in total. The summed E-state index contributed by atoms with van der Waals surface area (Å²) < 4.78 is 26.9. The average Bonchev–Trinajstić information content (AvgIpc) is 2.94. The molecule has 0 aromatic heterocycles. The van der Waals surface area contributed by atoms with Crippen LogP contribution in [0, 0.1) is 17.6 Å². The first-order valence-corrected chi connectivity index (χ1v) is 7.08. The standard InChI is InChI=1S/C18H13F2NO/c1-10-14-8-13(20)6-7-15(14)18(16(10)9-17(22)21-18)11-2-4-12(19)5-3-11/h2-8,16H,1,9H2,(H,21,22)/t16-,18+/m1/s1. The normalized spacial score (nSPS) is 25.8. The molecule has 2 aliphatic rings. The van der Waals surface area contributed by atoms with E-state index in [2.05, 4.69) is 11.9 Å². The SMILES string of the molecule is C=C1c2cc(F)ccc2[C@]2(c3ccc(F)cc3)NC(=O)C[C@H]12. The predicted molar refractivity (Wildman–Crippen MR) is 78.9 cm³/mol. The summed E-state index contributed by atoms with van der Waals surface area (Å²) >= 11 is 0. The first-order valence-electron chi connectivity index (χ1n) is 7.08. The molecule has 0 bridgehead atoms. The smallest absolute Gasteiger partial charge is 0.221 e. The van der Waals surface area contributed by atoms with Crippen LogP contribution in [0.5, 0.6) is 0 Å². The number of hydrogen-bond donors (Lipinski definition) is 1. The number of carbonyl (C=O) groups excluding carboxylic acids is 1. The molecular weight excluding hydrogens is 284 g/mol. The zero-order chi connectivity index (χ0) is 15.5. The number of amides is 1. The Morgan fingerprint density at radius 2 is 1.77 bits per heavy atom. The Kier molecular flexibility index (Phi) is 2.55. The molecule has 0 saturated carbocycles. The average molecular weight is 297 g/mol. The fourth-order valence-electron chi connectivity index (χ4n) is 3.79. The summed E-state index contributed by atoms with van der Waals surface area (Å²) in [6.07, 6.45) is 0.298. The first-order chi connectivity index (χ1) is 10.5. The molecule has 110 valence electrons. The van der Waals surface area contributed by atoms with Crippen LogP contribution in [0.4, 0.5) is 8.78 Å². The van der Waals surface area contributed by atoms with Gasteiger partial charge in [-0.05, 0) is 46.5 Å². The molecule has 2 aromatic rings. The zero-order valence-corrected chi connectivity index (χ0v) is 11.7. The van der Waals surface area contributed by atoms with Gasteiger partial charge in [-0.25, -0.2) is 8.78 Å². The van der Waals surface area contributed by atoms with Gasteiger partial charge >= 0.3 is 0 Å². The van der Waals surface area contributed by atoms with Gasteiger partial charge < -0.3 is 5.32 Å². The lowest BCUT2D eigenvalue weighted by Gasteiger charge is -2.31. The predicted octanol–water partition coefficient (Wildman–Crippen LogP) is 3.37. The number of carbonyl (C=O) groups is 1. The van der Waals surface area contributed by atoms with E-state index in [0.717, 1.165) is 22.3 Å². The number of fused-ring (bicyclic) bond motifs is 3. The van der Waals surface area contributed by atoms with Crippen molar-refractivity contribution in [3.8, 4) is 0 Å². The van der Waals surface area contributed by atoms with E-state index < -0.39 is 5.54 Å². The lowest BCUT2D eigenvalue weighted by molar-refractivity contribution is -0.119. The van der Waals surface area contributed by atoms with E-state index in [1.165, 1.54) is 24.3 Å². The molecule has 2 atom stereocenters. The third-order valence-corrected chi connectivity index (χ3v) is 4.72. The molecule has 2 nitrogen and oxygen atoms in total. The highest BCUT2D eigenvalue weighted by Gasteiger charge is 2.55. The van der Waals surface area contributed by atoms with Crippen molar-refractivity contribution < 1.29 is 13.6 Å². The van der Waals surface area contributed by atoms with Crippen molar-refractivity contribution >= 4 is 11.5 Å². The van der Waals surface area contributed by atoms with Gasteiger partial charge in [-0.15, -0.1) is 0 Å². The maximum Gasteiger partial charge on any atom is 0.221 e. The van der Waals surface area contributed by atoms with Crippen LogP contribution in [0.2, 0.25) is 0 Å². The van der Waals surface area contributed by atoms with E-state index in [-0.39, 0.29) is 23.5 Å². The molecule has 1 fully saturated rings. The first kappa shape index (κ1) is 13.2. The lowest BCUT2D eigenvalue weighted by atomic mass is 9.78. The second kappa shape index (κ2) is 4.26. The Hall–Kier alpha value is -2.49. The molecule has 4 rings (SSSR count). The third kappa shape index (κ3) is 1.55. The molecule has 0 spiro atoms. The summed E-state index contributed by atoms with van der Waals surface area (Å²) in [5.41, 5.74) is 2.31. The topological polar surface area (TPSA) is 29.1 Å². The number of benzene rings is 2. The molecule has 1 aliphatic carbocycles. The summed E-state index contributed by atoms with van der Waals surface area (Å²) in [6, 6.07) is 10.6. The van der Waals surface area contributed by atoms with Crippen molar-refractivity contribution in [2.45, 2.75) is 12.0 Å². The third-order valence-electron chi connectivity index (χ3n) is 4.72. The highest BCUT2D eigenvalue weighted by atomic mass is 19.1. The van der Waals surface area contributed by atoms with E-state index in [4.69, 9.17) is 0 Å². The molecule has 1 amide bonds. The summed E-state index contributed by atoms with van der Waals surface area (Å²) in [5.74, 6) is -0.926. The van der Waals surface area contributed by atoms with Crippen molar-refractivity contribution in [1.82, 2.24) is 5.32 Å². The number of hydrogen-bond acceptors (Lipinski definition) is 1. The van der Waals surface area contributed by atoms with Gasteiger partial charge in [-0.1, -0.05) is 24.8 Å². The highest BCUT2D eigenvalue weighted by molar-refractivity contribution is 5.91. The van der Waals surface area contributed by atoms with Gasteiger partial charge in [0.2, 0.25) is 5.91 Å². The zero-order valence-electron chi connectivity index (χ0n) is 11.7. The Labute approximate surface area is 126 Å². The summed E-state index contributed by atoms with van der Waals surface area (Å²) in [6.45, 7) is 4.07. The minimum absolute atomic E-state index is 0.0783. The number of rotatable bonds is 1. The number of nitrogens with one attached hydrogen (secondary N) is 1. The van der Waals surface area contributed by atoms with E-state index in [1.54, 1.807) is 18.2 Å². The van der Waals surface area contributed by atoms with Crippen LogP contribution < -0.4 is 5.32 Å². The largest absolute Gasteiger partial charge is 0.342 e. The van der Waals surface area contributed by atoms with Crippen LogP contribution in [-0.4, -0.2) is 5.91 Å². The molecular formula is C18H13F2NO. The van der Waals surface area contributed by atoms with Crippen molar-refractivity contribution in [3.63, 3.8) is 0 Å². The molecule has 1 saturated heterocycles. The lowest BCUT2D eigenvalue weighted by Crippen LogP contribution is -2.41. The van der Waals surface area contributed by atoms with Crippen LogP contribution in [0.3, 0.4) is 0 Å².